The summed E-state index contributed by atoms with van der Waals surface area (Å²) in [7, 11) is 0. The van der Waals surface area contributed by atoms with Crippen LogP contribution >= 0.6 is 0 Å². The molecule has 1 saturated carbocycles. The Morgan fingerprint density at radius 3 is 2.89 bits per heavy atom. The molecule has 0 radical (unpaired) electrons. The van der Waals surface area contributed by atoms with E-state index in [1.807, 2.05) is 24.5 Å². The van der Waals surface area contributed by atoms with Gasteiger partial charge in [0.05, 0.1) is 22.7 Å². The van der Waals surface area contributed by atoms with Gasteiger partial charge in [-0.15, -0.1) is 0 Å². The van der Waals surface area contributed by atoms with E-state index in [0.29, 0.717) is 12.2 Å². The topological polar surface area (TPSA) is 120 Å². The van der Waals surface area contributed by atoms with Gasteiger partial charge < -0.3 is 20.7 Å². The molecule has 4 heterocycles. The van der Waals surface area contributed by atoms with E-state index in [0.717, 1.165) is 59.2 Å². The van der Waals surface area contributed by atoms with E-state index in [9.17, 15) is 5.11 Å². The van der Waals surface area contributed by atoms with Crippen LogP contribution in [0.2, 0.25) is 0 Å². The number of hydrogen-bond acceptors (Lipinski definition) is 7. The number of aryl methyl sites for hydroxylation is 1. The smallest absolute Gasteiger partial charge is 0.148 e. The third-order valence-corrected chi connectivity index (χ3v) is 7.31. The van der Waals surface area contributed by atoms with Gasteiger partial charge in [0.1, 0.15) is 23.6 Å². The zero-order valence-corrected chi connectivity index (χ0v) is 20.2. The van der Waals surface area contributed by atoms with Crippen LogP contribution in [0.3, 0.4) is 0 Å². The summed E-state index contributed by atoms with van der Waals surface area (Å²) in [6, 6.07) is 12.6. The first-order valence-electron chi connectivity index (χ1n) is 12.5. The molecule has 4 aromatic heterocycles. The number of nitrogens with one attached hydrogen (secondary N) is 1. The number of aliphatic hydroxyl groups excluding tert-OH is 1. The quantitative estimate of drug-likeness (QED) is 0.319. The maximum atomic E-state index is 11.0. The van der Waals surface area contributed by atoms with Gasteiger partial charge in [-0.3, -0.25) is 0 Å². The van der Waals surface area contributed by atoms with Gasteiger partial charge in [-0.2, -0.15) is 5.10 Å². The number of rotatable bonds is 7. The minimum absolute atomic E-state index is 0.132. The van der Waals surface area contributed by atoms with Crippen molar-refractivity contribution < 1.29 is 5.11 Å². The van der Waals surface area contributed by atoms with Crippen molar-refractivity contribution >= 4 is 33.6 Å². The second kappa shape index (κ2) is 9.23. The number of anilines is 2. The lowest BCUT2D eigenvalue weighted by Crippen LogP contribution is -2.13. The number of nitrogen functional groups attached to an aromatic ring is 1. The van der Waals surface area contributed by atoms with Gasteiger partial charge in [0.2, 0.25) is 0 Å². The van der Waals surface area contributed by atoms with Crippen molar-refractivity contribution in [2.75, 3.05) is 17.6 Å². The highest BCUT2D eigenvalue weighted by Gasteiger charge is 2.35. The van der Waals surface area contributed by atoms with Gasteiger partial charge in [-0.25, -0.2) is 19.6 Å². The van der Waals surface area contributed by atoms with Gasteiger partial charge in [0.25, 0.3) is 0 Å². The molecule has 0 saturated heterocycles. The van der Waals surface area contributed by atoms with Crippen molar-refractivity contribution in [2.45, 2.75) is 44.8 Å². The predicted molar refractivity (Wildman–Crippen MR) is 141 cm³/mol. The summed E-state index contributed by atoms with van der Waals surface area (Å²) in [5.74, 6) is 1.53. The molecule has 1 aromatic carbocycles. The molecule has 5 aromatic rings. The SMILES string of the molecule is CCNc1ccc2ccc(CC[C@H]3C[C@@H](n4cc(-n5cccn5)c5c(N)ncnc54)C[C@@H]3O)cc2n1. The highest BCUT2D eigenvalue weighted by molar-refractivity contribution is 5.94. The second-order valence-electron chi connectivity index (χ2n) is 9.57. The Morgan fingerprint density at radius 1 is 1.17 bits per heavy atom. The molecule has 0 amide bonds. The number of nitrogens with two attached hydrogens (primary N) is 1. The molecule has 9 heteroatoms. The Kier molecular flexibility index (Phi) is 5.77. The Labute approximate surface area is 209 Å². The molecule has 9 nitrogen and oxygen atoms in total. The summed E-state index contributed by atoms with van der Waals surface area (Å²) < 4.78 is 3.94. The van der Waals surface area contributed by atoms with Crippen LogP contribution in [0.15, 0.2) is 61.3 Å². The fourth-order valence-corrected chi connectivity index (χ4v) is 5.51. The van der Waals surface area contributed by atoms with E-state index in [-0.39, 0.29) is 18.1 Å². The zero-order chi connectivity index (χ0) is 24.6. The standard InChI is InChI=1S/C27H30N8O/c1-2-29-24-9-8-18-6-4-17(12-21(18)33-24)5-7-19-13-20(14-23(19)36)34-15-22(35-11-3-10-32-35)25-26(28)30-16-31-27(25)34/h3-4,6,8-12,15-16,19-20,23,36H,2,5,7,13-14H2,1H3,(H,29,33)(H2,28,30,31)/t19-,20+,23-/m0/s1. The molecule has 0 unspecified atom stereocenters. The molecule has 1 fully saturated rings. The minimum atomic E-state index is -0.362. The molecule has 4 N–H and O–H groups in total. The fraction of sp³-hybridized carbons (Fsp3) is 0.333. The number of aliphatic hydroxyl groups is 1. The summed E-state index contributed by atoms with van der Waals surface area (Å²) >= 11 is 0. The van der Waals surface area contributed by atoms with Crippen molar-refractivity contribution in [3.05, 3.63) is 66.9 Å². The number of hydrogen-bond donors (Lipinski definition) is 3. The summed E-state index contributed by atoms with van der Waals surface area (Å²) in [4.78, 5) is 13.5. The maximum absolute atomic E-state index is 11.0. The van der Waals surface area contributed by atoms with Crippen LogP contribution < -0.4 is 11.1 Å². The van der Waals surface area contributed by atoms with E-state index in [1.54, 1.807) is 10.9 Å². The highest BCUT2D eigenvalue weighted by atomic mass is 16.3. The van der Waals surface area contributed by atoms with Crippen LogP contribution in [0, 0.1) is 5.92 Å². The van der Waals surface area contributed by atoms with Crippen LogP contribution in [-0.2, 0) is 6.42 Å². The van der Waals surface area contributed by atoms with Crippen LogP contribution in [-0.4, -0.2) is 47.1 Å². The minimum Gasteiger partial charge on any atom is -0.393 e. The van der Waals surface area contributed by atoms with Crippen molar-refractivity contribution in [2.24, 2.45) is 5.92 Å². The van der Waals surface area contributed by atoms with Gasteiger partial charge >= 0.3 is 0 Å². The number of pyridine rings is 1. The molecular weight excluding hydrogens is 452 g/mol. The first-order chi connectivity index (χ1) is 17.6. The summed E-state index contributed by atoms with van der Waals surface area (Å²) in [6.45, 7) is 2.91. The van der Waals surface area contributed by atoms with Crippen molar-refractivity contribution in [3.63, 3.8) is 0 Å². The summed E-state index contributed by atoms with van der Waals surface area (Å²) in [5, 5.41) is 20.6. The largest absolute Gasteiger partial charge is 0.393 e. The molecule has 0 aliphatic heterocycles. The van der Waals surface area contributed by atoms with E-state index >= 15 is 0 Å². The molecule has 184 valence electrons. The average molecular weight is 483 g/mol. The molecule has 0 bridgehead atoms. The Morgan fingerprint density at radius 2 is 2.06 bits per heavy atom. The number of aromatic nitrogens is 6. The monoisotopic (exact) mass is 482 g/mol. The van der Waals surface area contributed by atoms with Gasteiger partial charge in [-0.05, 0) is 68.4 Å². The zero-order valence-electron chi connectivity index (χ0n) is 20.2. The van der Waals surface area contributed by atoms with E-state index < -0.39 is 0 Å². The Balaban J connectivity index is 1.22. The molecular formula is C27H30N8O. The molecule has 3 atom stereocenters. The van der Waals surface area contributed by atoms with Crippen molar-refractivity contribution in [1.29, 1.82) is 0 Å². The third-order valence-electron chi connectivity index (χ3n) is 7.31. The van der Waals surface area contributed by atoms with E-state index in [4.69, 9.17) is 10.7 Å². The summed E-state index contributed by atoms with van der Waals surface area (Å²) in [6.07, 6.45) is 10.2. The van der Waals surface area contributed by atoms with Crippen LogP contribution in [0.5, 0.6) is 0 Å². The van der Waals surface area contributed by atoms with Gasteiger partial charge in [-0.1, -0.05) is 12.1 Å². The molecule has 0 spiro atoms. The van der Waals surface area contributed by atoms with Crippen LogP contribution in [0.1, 0.15) is 37.8 Å². The van der Waals surface area contributed by atoms with Crippen LogP contribution in [0.25, 0.3) is 27.6 Å². The molecule has 6 rings (SSSR count). The molecule has 1 aliphatic carbocycles. The number of benzene rings is 1. The lowest BCUT2D eigenvalue weighted by atomic mass is 9.96. The van der Waals surface area contributed by atoms with Crippen molar-refractivity contribution in [1.82, 2.24) is 29.3 Å². The Hall–Kier alpha value is -3.98. The number of fused-ring (bicyclic) bond motifs is 2. The Bertz CT molecular complexity index is 1510. The highest BCUT2D eigenvalue weighted by Crippen LogP contribution is 2.40. The van der Waals surface area contributed by atoms with E-state index in [2.05, 4.69) is 56.1 Å². The third kappa shape index (κ3) is 4.05. The maximum Gasteiger partial charge on any atom is 0.148 e. The lowest BCUT2D eigenvalue weighted by molar-refractivity contribution is 0.127. The van der Waals surface area contributed by atoms with Crippen molar-refractivity contribution in [3.8, 4) is 5.69 Å². The fourth-order valence-electron chi connectivity index (χ4n) is 5.51. The molecule has 1 aliphatic rings. The summed E-state index contributed by atoms with van der Waals surface area (Å²) in [5.41, 5.74) is 10.1. The molecule has 36 heavy (non-hydrogen) atoms. The average Bonchev–Trinajstić information content (AvgIpc) is 3.62. The lowest BCUT2D eigenvalue weighted by Gasteiger charge is -2.15. The van der Waals surface area contributed by atoms with Gasteiger partial charge in [0, 0.05) is 36.6 Å². The number of nitrogens with zero attached hydrogens (tertiary/aromatic N) is 6. The van der Waals surface area contributed by atoms with Crippen LogP contribution in [0.4, 0.5) is 11.6 Å². The van der Waals surface area contributed by atoms with Gasteiger partial charge in [0.15, 0.2) is 0 Å². The first-order valence-corrected chi connectivity index (χ1v) is 12.5. The first kappa shape index (κ1) is 22.5. The van der Waals surface area contributed by atoms with E-state index in [1.165, 1.54) is 11.9 Å². The normalized spacial score (nSPS) is 19.9. The predicted octanol–water partition coefficient (Wildman–Crippen LogP) is 4.12. The second-order valence-corrected chi connectivity index (χ2v) is 9.57.